The van der Waals surface area contributed by atoms with Gasteiger partial charge in [-0.1, -0.05) is 141 Å². The highest BCUT2D eigenvalue weighted by Crippen LogP contribution is 2.51. The van der Waals surface area contributed by atoms with Crippen LogP contribution in [0.2, 0.25) is 0 Å². The molecule has 2 heterocycles. The summed E-state index contributed by atoms with van der Waals surface area (Å²) in [6, 6.07) is 60.0. The van der Waals surface area contributed by atoms with E-state index < -0.39 is 0 Å². The van der Waals surface area contributed by atoms with Crippen molar-refractivity contribution in [1.29, 1.82) is 0 Å². The van der Waals surface area contributed by atoms with Crippen LogP contribution in [-0.4, -0.2) is 4.57 Å². The quantitative estimate of drug-likeness (QED) is 0.200. The molecule has 1 aromatic heterocycles. The van der Waals surface area contributed by atoms with Crippen molar-refractivity contribution in [2.24, 2.45) is 0 Å². The average molecular weight is 644 g/mol. The molecule has 0 saturated heterocycles. The van der Waals surface area contributed by atoms with E-state index in [1.807, 2.05) is 0 Å². The predicted octanol–water partition coefficient (Wildman–Crippen LogP) is 11.6. The molecule has 3 heteroatoms. The van der Waals surface area contributed by atoms with Gasteiger partial charge in [-0.25, -0.2) is 0 Å². The van der Waals surface area contributed by atoms with Crippen molar-refractivity contribution in [1.82, 2.24) is 9.88 Å². The lowest BCUT2D eigenvalue weighted by atomic mass is 9.82. The van der Waals surface area contributed by atoms with Crippen LogP contribution in [-0.2, 0) is 5.41 Å². The van der Waals surface area contributed by atoms with Gasteiger partial charge in [-0.15, -0.1) is 0 Å². The molecule has 3 nitrogen and oxygen atoms in total. The molecular formula is C47H37N3. The third-order valence-corrected chi connectivity index (χ3v) is 11.1. The maximum Gasteiger partial charge on any atom is 0.104 e. The molecule has 0 saturated carbocycles. The molecule has 1 aliphatic heterocycles. The number of para-hydroxylation sites is 2. The van der Waals surface area contributed by atoms with Gasteiger partial charge in [-0.05, 0) is 86.5 Å². The van der Waals surface area contributed by atoms with Crippen LogP contribution in [0.5, 0.6) is 0 Å². The summed E-state index contributed by atoms with van der Waals surface area (Å²) < 4.78 is 2.44. The Hall–Kier alpha value is -5.90. The standard InChI is InChI=1S/C47H37N3/c1-47(2)40-17-9-6-14-35(40)38-29-44-39(28-41(38)47)36-15-8-11-19-43(36)50(44)34-26-24-33(25-27-34)46-48-42-18-10-7-16-37(42)45(49-46)32-22-20-31(21-23-32)30-12-4-3-5-13-30/h3-29,45-46,48-49H,1-2H3. The largest absolute Gasteiger partial charge is 0.366 e. The van der Waals surface area contributed by atoms with Crippen molar-refractivity contribution in [3.8, 4) is 27.9 Å². The van der Waals surface area contributed by atoms with E-state index in [0.29, 0.717) is 0 Å². The summed E-state index contributed by atoms with van der Waals surface area (Å²) in [5.74, 6) is 0. The average Bonchev–Trinajstić information content (AvgIpc) is 3.62. The van der Waals surface area contributed by atoms with Crippen LogP contribution in [0.3, 0.4) is 0 Å². The molecule has 2 N–H and O–H groups in total. The van der Waals surface area contributed by atoms with E-state index >= 15 is 0 Å². The number of anilines is 1. The van der Waals surface area contributed by atoms with Crippen molar-refractivity contribution < 1.29 is 0 Å². The molecule has 0 fully saturated rings. The first kappa shape index (κ1) is 29.1. The molecule has 2 atom stereocenters. The number of fused-ring (bicyclic) bond motifs is 7. The highest BCUT2D eigenvalue weighted by molar-refractivity contribution is 6.11. The van der Waals surface area contributed by atoms with Crippen LogP contribution in [0.1, 0.15) is 53.9 Å². The van der Waals surface area contributed by atoms with Crippen LogP contribution < -0.4 is 10.6 Å². The molecule has 2 aliphatic rings. The zero-order valence-electron chi connectivity index (χ0n) is 28.2. The van der Waals surface area contributed by atoms with Gasteiger partial charge in [0, 0.05) is 27.6 Å². The number of nitrogens with one attached hydrogen (secondary N) is 2. The first-order chi connectivity index (χ1) is 24.5. The first-order valence-electron chi connectivity index (χ1n) is 17.6. The highest BCUT2D eigenvalue weighted by atomic mass is 15.2. The van der Waals surface area contributed by atoms with Crippen LogP contribution in [0, 0.1) is 0 Å². The molecule has 50 heavy (non-hydrogen) atoms. The van der Waals surface area contributed by atoms with Gasteiger partial charge in [0.25, 0.3) is 0 Å². The van der Waals surface area contributed by atoms with Crippen LogP contribution in [0.4, 0.5) is 5.69 Å². The normalized spacial score (nSPS) is 17.2. The Labute approximate surface area is 292 Å². The van der Waals surface area contributed by atoms with E-state index in [2.05, 4.69) is 193 Å². The second kappa shape index (κ2) is 11.1. The van der Waals surface area contributed by atoms with Crippen molar-refractivity contribution in [2.45, 2.75) is 31.5 Å². The maximum atomic E-state index is 3.94. The van der Waals surface area contributed by atoms with Crippen molar-refractivity contribution in [3.63, 3.8) is 0 Å². The fourth-order valence-electron chi connectivity index (χ4n) is 8.54. The zero-order valence-corrected chi connectivity index (χ0v) is 28.2. The van der Waals surface area contributed by atoms with Gasteiger partial charge >= 0.3 is 0 Å². The van der Waals surface area contributed by atoms with Gasteiger partial charge in [-0.3, -0.25) is 5.32 Å². The third-order valence-electron chi connectivity index (χ3n) is 11.1. The Morgan fingerprint density at radius 2 is 1.20 bits per heavy atom. The molecule has 7 aromatic carbocycles. The SMILES string of the molecule is CC1(C)c2ccccc2-c2cc3c(cc21)c1ccccc1n3-c1ccc(C2Nc3ccccc3C(c3ccc(-c4ccccc4)cc3)N2)cc1. The molecular weight excluding hydrogens is 607 g/mol. The summed E-state index contributed by atoms with van der Waals surface area (Å²) in [6.45, 7) is 4.72. The Morgan fingerprint density at radius 3 is 2.04 bits per heavy atom. The summed E-state index contributed by atoms with van der Waals surface area (Å²) in [5, 5.41) is 10.3. The smallest absolute Gasteiger partial charge is 0.104 e. The van der Waals surface area contributed by atoms with E-state index in [1.54, 1.807) is 0 Å². The summed E-state index contributed by atoms with van der Waals surface area (Å²) in [7, 11) is 0. The van der Waals surface area contributed by atoms with Crippen molar-refractivity contribution in [3.05, 3.63) is 192 Å². The zero-order chi connectivity index (χ0) is 33.4. The molecule has 10 rings (SSSR count). The minimum Gasteiger partial charge on any atom is -0.366 e. The molecule has 0 radical (unpaired) electrons. The number of nitrogens with zero attached hydrogens (tertiary/aromatic N) is 1. The van der Waals surface area contributed by atoms with Crippen LogP contribution in [0.25, 0.3) is 49.7 Å². The van der Waals surface area contributed by atoms with Gasteiger partial charge in [0.1, 0.15) is 6.17 Å². The number of hydrogen-bond donors (Lipinski definition) is 2. The fraction of sp³-hybridized carbons (Fsp3) is 0.106. The van der Waals surface area contributed by atoms with Gasteiger partial charge in [0.2, 0.25) is 0 Å². The first-order valence-corrected chi connectivity index (χ1v) is 17.6. The van der Waals surface area contributed by atoms with Crippen molar-refractivity contribution in [2.75, 3.05) is 5.32 Å². The van der Waals surface area contributed by atoms with Gasteiger partial charge in [0.15, 0.2) is 0 Å². The highest BCUT2D eigenvalue weighted by Gasteiger charge is 2.36. The predicted molar refractivity (Wildman–Crippen MR) is 208 cm³/mol. The molecule has 2 unspecified atom stereocenters. The van der Waals surface area contributed by atoms with Crippen molar-refractivity contribution >= 4 is 27.5 Å². The van der Waals surface area contributed by atoms with E-state index in [0.717, 1.165) is 11.4 Å². The number of rotatable bonds is 4. The fourth-order valence-corrected chi connectivity index (χ4v) is 8.54. The van der Waals surface area contributed by atoms with Crippen LogP contribution >= 0.6 is 0 Å². The maximum absolute atomic E-state index is 3.94. The van der Waals surface area contributed by atoms with Gasteiger partial charge in [-0.2, -0.15) is 0 Å². The summed E-state index contributed by atoms with van der Waals surface area (Å²) in [5.41, 5.74) is 16.4. The second-order valence-corrected chi connectivity index (χ2v) is 14.3. The Kier molecular flexibility index (Phi) is 6.43. The molecule has 0 amide bonds. The Bertz CT molecular complexity index is 2560. The van der Waals surface area contributed by atoms with E-state index in [4.69, 9.17) is 0 Å². The molecule has 8 aromatic rings. The molecule has 1 aliphatic carbocycles. The topological polar surface area (TPSA) is 29.0 Å². The minimum atomic E-state index is -0.0436. The Balaban J connectivity index is 1.03. The summed E-state index contributed by atoms with van der Waals surface area (Å²) in [4.78, 5) is 0. The van der Waals surface area contributed by atoms with E-state index in [9.17, 15) is 0 Å². The number of aromatic nitrogens is 1. The lowest BCUT2D eigenvalue weighted by molar-refractivity contribution is 0.506. The Morgan fingerprint density at radius 1 is 0.520 bits per heavy atom. The summed E-state index contributed by atoms with van der Waals surface area (Å²) in [6.07, 6.45) is -0.0436. The third kappa shape index (κ3) is 4.40. The number of hydrogen-bond acceptors (Lipinski definition) is 2. The molecule has 240 valence electrons. The summed E-state index contributed by atoms with van der Waals surface area (Å²) >= 11 is 0. The van der Waals surface area contributed by atoms with E-state index in [1.165, 1.54) is 71.9 Å². The second-order valence-electron chi connectivity index (χ2n) is 14.3. The minimum absolute atomic E-state index is 0.0363. The lowest BCUT2D eigenvalue weighted by Gasteiger charge is -2.35. The van der Waals surface area contributed by atoms with E-state index in [-0.39, 0.29) is 17.6 Å². The van der Waals surface area contributed by atoms with Crippen LogP contribution in [0.15, 0.2) is 164 Å². The number of benzene rings is 7. The van der Waals surface area contributed by atoms with Gasteiger partial charge in [0.05, 0.1) is 17.1 Å². The molecule has 0 spiro atoms. The monoisotopic (exact) mass is 643 g/mol. The van der Waals surface area contributed by atoms with Gasteiger partial charge < -0.3 is 9.88 Å². The molecule has 0 bridgehead atoms. The lowest BCUT2D eigenvalue weighted by Crippen LogP contribution is -2.37.